The molecule has 0 saturated carbocycles. The van der Waals surface area contributed by atoms with Gasteiger partial charge in [-0.05, 0) is 18.8 Å². The van der Waals surface area contributed by atoms with Crippen LogP contribution in [0.2, 0.25) is 0 Å². The summed E-state index contributed by atoms with van der Waals surface area (Å²) >= 11 is 0. The number of hydrogen-bond donors (Lipinski definition) is 1. The second-order valence-electron chi connectivity index (χ2n) is 4.15. The molecule has 0 amide bonds. The van der Waals surface area contributed by atoms with E-state index in [0.29, 0.717) is 5.92 Å². The van der Waals surface area contributed by atoms with Crippen molar-refractivity contribution in [1.82, 2.24) is 0 Å². The molecule has 13 heavy (non-hydrogen) atoms. The summed E-state index contributed by atoms with van der Waals surface area (Å²) in [7, 11) is 0. The molecule has 0 aliphatic heterocycles. The van der Waals surface area contributed by atoms with Crippen LogP contribution in [0.5, 0.6) is 0 Å². The van der Waals surface area contributed by atoms with Gasteiger partial charge in [-0.2, -0.15) is 0 Å². The van der Waals surface area contributed by atoms with Gasteiger partial charge in [0, 0.05) is 0 Å². The summed E-state index contributed by atoms with van der Waals surface area (Å²) in [5, 5.41) is 8.91. The minimum atomic E-state index is -0.617. The van der Waals surface area contributed by atoms with Crippen LogP contribution in [0, 0.1) is 11.8 Å². The van der Waals surface area contributed by atoms with Crippen molar-refractivity contribution in [2.24, 2.45) is 11.8 Å². The lowest BCUT2D eigenvalue weighted by Gasteiger charge is -2.12. The second-order valence-corrected chi connectivity index (χ2v) is 4.15. The average Bonchev–Trinajstić information content (AvgIpc) is 2.03. The van der Waals surface area contributed by atoms with Gasteiger partial charge >= 0.3 is 5.97 Å². The minimum absolute atomic E-state index is 0.109. The first-order valence-electron chi connectivity index (χ1n) is 5.30. The van der Waals surface area contributed by atoms with E-state index < -0.39 is 5.97 Å². The van der Waals surface area contributed by atoms with Crippen molar-refractivity contribution in [3.05, 3.63) is 0 Å². The lowest BCUT2D eigenvalue weighted by atomic mass is 9.93. The molecule has 78 valence electrons. The predicted molar refractivity (Wildman–Crippen MR) is 54.7 cm³/mol. The van der Waals surface area contributed by atoms with Crippen LogP contribution in [0.25, 0.3) is 0 Å². The molecule has 0 radical (unpaired) electrons. The van der Waals surface area contributed by atoms with Crippen LogP contribution in [0.15, 0.2) is 0 Å². The van der Waals surface area contributed by atoms with Gasteiger partial charge in [-0.1, -0.05) is 40.0 Å². The molecule has 0 aromatic heterocycles. The molecule has 1 atom stereocenters. The maximum Gasteiger partial charge on any atom is 0.306 e. The van der Waals surface area contributed by atoms with E-state index in [1.165, 1.54) is 0 Å². The largest absolute Gasteiger partial charge is 0.481 e. The van der Waals surface area contributed by atoms with Crippen molar-refractivity contribution >= 4 is 5.97 Å². The van der Waals surface area contributed by atoms with Crippen LogP contribution < -0.4 is 0 Å². The fourth-order valence-electron chi connectivity index (χ4n) is 1.38. The van der Waals surface area contributed by atoms with Crippen molar-refractivity contribution in [2.75, 3.05) is 0 Å². The Kier molecular flexibility index (Phi) is 6.65. The molecular formula is C11H22O2. The Balaban J connectivity index is 3.74. The van der Waals surface area contributed by atoms with E-state index in [-0.39, 0.29) is 5.92 Å². The Morgan fingerprint density at radius 3 is 2.23 bits per heavy atom. The van der Waals surface area contributed by atoms with Crippen molar-refractivity contribution in [3.8, 4) is 0 Å². The molecule has 0 bridgehead atoms. The lowest BCUT2D eigenvalue weighted by molar-refractivity contribution is -0.142. The van der Waals surface area contributed by atoms with E-state index in [1.54, 1.807) is 0 Å². The van der Waals surface area contributed by atoms with Gasteiger partial charge in [-0.25, -0.2) is 0 Å². The van der Waals surface area contributed by atoms with E-state index in [1.807, 2.05) is 0 Å². The number of hydrogen-bond acceptors (Lipinski definition) is 1. The Morgan fingerprint density at radius 2 is 1.85 bits per heavy atom. The maximum atomic E-state index is 10.8. The third-order valence-corrected chi connectivity index (χ3v) is 2.35. The normalized spacial score (nSPS) is 13.2. The molecule has 1 N–H and O–H groups in total. The second kappa shape index (κ2) is 6.93. The van der Waals surface area contributed by atoms with Crippen LogP contribution in [0.3, 0.4) is 0 Å². The van der Waals surface area contributed by atoms with Crippen LogP contribution in [-0.4, -0.2) is 11.1 Å². The van der Waals surface area contributed by atoms with E-state index in [2.05, 4.69) is 20.8 Å². The molecule has 0 fully saturated rings. The standard InChI is InChI=1S/C11H22O2/c1-4-5-6-10(11(12)13)8-7-9(2)3/h9-10H,4-8H2,1-3H3,(H,12,13). The zero-order valence-corrected chi connectivity index (χ0v) is 9.05. The summed E-state index contributed by atoms with van der Waals surface area (Å²) < 4.78 is 0. The Hall–Kier alpha value is -0.530. The first kappa shape index (κ1) is 12.5. The summed E-state index contributed by atoms with van der Waals surface area (Å²) in [6.45, 7) is 6.37. The highest BCUT2D eigenvalue weighted by atomic mass is 16.4. The van der Waals surface area contributed by atoms with E-state index in [4.69, 9.17) is 5.11 Å². The Bertz CT molecular complexity index is 141. The molecule has 0 saturated heterocycles. The van der Waals surface area contributed by atoms with Gasteiger partial charge in [0.2, 0.25) is 0 Å². The molecule has 0 aromatic carbocycles. The molecular weight excluding hydrogens is 164 g/mol. The highest BCUT2D eigenvalue weighted by molar-refractivity contribution is 5.69. The molecule has 0 rings (SSSR count). The predicted octanol–water partition coefficient (Wildman–Crippen LogP) is 3.31. The maximum absolute atomic E-state index is 10.8. The highest BCUT2D eigenvalue weighted by Crippen LogP contribution is 2.18. The molecule has 1 unspecified atom stereocenters. The van der Waals surface area contributed by atoms with Gasteiger partial charge in [0.15, 0.2) is 0 Å². The third-order valence-electron chi connectivity index (χ3n) is 2.35. The molecule has 0 aliphatic rings. The molecule has 2 nitrogen and oxygen atoms in total. The van der Waals surface area contributed by atoms with E-state index in [9.17, 15) is 4.79 Å². The Morgan fingerprint density at radius 1 is 1.23 bits per heavy atom. The summed E-state index contributed by atoms with van der Waals surface area (Å²) in [5.41, 5.74) is 0. The fourth-order valence-corrected chi connectivity index (χ4v) is 1.38. The van der Waals surface area contributed by atoms with Crippen LogP contribution in [0.4, 0.5) is 0 Å². The van der Waals surface area contributed by atoms with Gasteiger partial charge < -0.3 is 5.11 Å². The Labute approximate surface area is 81.3 Å². The number of carboxylic acids is 1. The number of carboxylic acid groups (broad SMARTS) is 1. The molecule has 2 heteroatoms. The minimum Gasteiger partial charge on any atom is -0.481 e. The van der Waals surface area contributed by atoms with Crippen LogP contribution in [0.1, 0.15) is 52.9 Å². The SMILES string of the molecule is CCCCC(CCC(C)C)C(=O)O. The third kappa shape index (κ3) is 6.62. The van der Waals surface area contributed by atoms with Crippen LogP contribution >= 0.6 is 0 Å². The zero-order chi connectivity index (χ0) is 10.3. The molecule has 0 spiro atoms. The fraction of sp³-hybridized carbons (Fsp3) is 0.909. The lowest BCUT2D eigenvalue weighted by Crippen LogP contribution is -2.14. The molecule has 0 aliphatic carbocycles. The van der Waals surface area contributed by atoms with Crippen molar-refractivity contribution in [2.45, 2.75) is 52.9 Å². The summed E-state index contributed by atoms with van der Waals surface area (Å²) in [4.78, 5) is 10.8. The van der Waals surface area contributed by atoms with Gasteiger partial charge in [0.25, 0.3) is 0 Å². The quantitative estimate of drug-likeness (QED) is 0.662. The van der Waals surface area contributed by atoms with E-state index >= 15 is 0 Å². The highest BCUT2D eigenvalue weighted by Gasteiger charge is 2.16. The van der Waals surface area contributed by atoms with Gasteiger partial charge in [0.1, 0.15) is 0 Å². The number of aliphatic carboxylic acids is 1. The van der Waals surface area contributed by atoms with Crippen molar-refractivity contribution < 1.29 is 9.90 Å². The summed E-state index contributed by atoms with van der Waals surface area (Å²) in [5.74, 6) is -0.111. The summed E-state index contributed by atoms with van der Waals surface area (Å²) in [6, 6.07) is 0. The van der Waals surface area contributed by atoms with Gasteiger partial charge in [0.05, 0.1) is 5.92 Å². The summed E-state index contributed by atoms with van der Waals surface area (Å²) in [6.07, 6.45) is 4.84. The smallest absolute Gasteiger partial charge is 0.306 e. The first-order chi connectivity index (χ1) is 6.07. The van der Waals surface area contributed by atoms with E-state index in [0.717, 1.165) is 32.1 Å². The van der Waals surface area contributed by atoms with Gasteiger partial charge in [-0.15, -0.1) is 0 Å². The number of carbonyl (C=O) groups is 1. The molecule has 0 aromatic rings. The number of rotatable bonds is 7. The topological polar surface area (TPSA) is 37.3 Å². The monoisotopic (exact) mass is 186 g/mol. The van der Waals surface area contributed by atoms with Crippen molar-refractivity contribution in [3.63, 3.8) is 0 Å². The zero-order valence-electron chi connectivity index (χ0n) is 9.05. The molecule has 0 heterocycles. The first-order valence-corrected chi connectivity index (χ1v) is 5.30. The van der Waals surface area contributed by atoms with Gasteiger partial charge in [-0.3, -0.25) is 4.79 Å². The average molecular weight is 186 g/mol. The van der Waals surface area contributed by atoms with Crippen LogP contribution in [-0.2, 0) is 4.79 Å². The van der Waals surface area contributed by atoms with Crippen molar-refractivity contribution in [1.29, 1.82) is 0 Å². The number of unbranched alkanes of at least 4 members (excludes halogenated alkanes) is 1.